The molecule has 2 N–H and O–H groups in total. The van der Waals surface area contributed by atoms with Gasteiger partial charge >= 0.3 is 0 Å². The highest BCUT2D eigenvalue weighted by Gasteiger charge is 2.16. The zero-order valence-electron chi connectivity index (χ0n) is 16.4. The first kappa shape index (κ1) is 19.2. The molecule has 4 heteroatoms. The Morgan fingerprint density at radius 1 is 0.893 bits per heavy atom. The van der Waals surface area contributed by atoms with Gasteiger partial charge in [-0.05, 0) is 85.8 Å². The van der Waals surface area contributed by atoms with E-state index in [9.17, 15) is 0 Å². The minimum Gasteiger partial charge on any atom is -0.354 e. The summed E-state index contributed by atoms with van der Waals surface area (Å²) in [5, 5.41) is 3.56. The van der Waals surface area contributed by atoms with Crippen molar-refractivity contribution in [2.45, 2.75) is 41.0 Å². The maximum atomic E-state index is 4.37. The first-order chi connectivity index (χ1) is 13.4. The summed E-state index contributed by atoms with van der Waals surface area (Å²) in [4.78, 5) is 3.70. The lowest BCUT2D eigenvalue weighted by Crippen LogP contribution is -2.29. The highest BCUT2D eigenvalue weighted by molar-refractivity contribution is 7.99. The van der Waals surface area contributed by atoms with Crippen molar-refractivity contribution in [3.8, 4) is 0 Å². The summed E-state index contributed by atoms with van der Waals surface area (Å²) >= 11 is 3.47. The van der Waals surface area contributed by atoms with Crippen molar-refractivity contribution >= 4 is 40.7 Å². The van der Waals surface area contributed by atoms with Crippen LogP contribution in [-0.4, -0.2) is 5.54 Å². The Hall–Kier alpha value is -2.14. The van der Waals surface area contributed by atoms with Crippen molar-refractivity contribution in [1.82, 2.24) is 4.72 Å². The van der Waals surface area contributed by atoms with Crippen LogP contribution in [0, 0.1) is 0 Å². The van der Waals surface area contributed by atoms with Crippen molar-refractivity contribution in [2.75, 3.05) is 5.32 Å². The fourth-order valence-corrected chi connectivity index (χ4v) is 4.68. The topological polar surface area (TPSA) is 24.1 Å². The Bertz CT molecular complexity index is 1030. The van der Waals surface area contributed by atoms with Gasteiger partial charge in [0, 0.05) is 20.2 Å². The average molecular weight is 405 g/mol. The normalized spacial score (nSPS) is 12.7. The number of fused-ring (bicyclic) bond motifs is 2. The highest BCUT2D eigenvalue weighted by atomic mass is 32.2. The quantitative estimate of drug-likeness (QED) is 0.347. The second-order valence-electron chi connectivity index (χ2n) is 7.89. The molecule has 0 aromatic heterocycles. The smallest absolute Gasteiger partial charge is 0.0532 e. The third-order valence-electron chi connectivity index (χ3n) is 4.36. The Labute approximate surface area is 176 Å². The second-order valence-corrected chi connectivity index (χ2v) is 9.86. The van der Waals surface area contributed by atoms with Gasteiger partial charge in [0.05, 0.1) is 11.4 Å². The molecule has 28 heavy (non-hydrogen) atoms. The summed E-state index contributed by atoms with van der Waals surface area (Å²) in [5.41, 5.74) is 5.68. The lowest BCUT2D eigenvalue weighted by molar-refractivity contribution is 0.535. The molecular formula is C24H24N2S2. The second kappa shape index (κ2) is 7.70. The molecule has 0 saturated carbocycles. The van der Waals surface area contributed by atoms with E-state index in [0.717, 1.165) is 28.1 Å². The van der Waals surface area contributed by atoms with Gasteiger partial charge in [0.2, 0.25) is 0 Å². The van der Waals surface area contributed by atoms with Gasteiger partial charge in [0.25, 0.3) is 0 Å². The SMILES string of the molecule is C=C(c1cccc(SNC(C)(C)C)c1)c1ccc2c(c1)Nc1ccccc1S2. The maximum Gasteiger partial charge on any atom is 0.0532 e. The average Bonchev–Trinajstić information content (AvgIpc) is 2.69. The predicted octanol–water partition coefficient (Wildman–Crippen LogP) is 7.35. The Kier molecular flexibility index (Phi) is 5.28. The van der Waals surface area contributed by atoms with E-state index in [4.69, 9.17) is 0 Å². The first-order valence-electron chi connectivity index (χ1n) is 9.31. The minimum atomic E-state index is 0.0653. The van der Waals surface area contributed by atoms with E-state index in [1.807, 2.05) is 0 Å². The van der Waals surface area contributed by atoms with Gasteiger partial charge < -0.3 is 5.32 Å². The molecule has 0 amide bonds. The summed E-state index contributed by atoms with van der Waals surface area (Å²) in [5.74, 6) is 0. The third-order valence-corrected chi connectivity index (χ3v) is 6.72. The molecule has 1 heterocycles. The molecule has 0 bridgehead atoms. The maximum absolute atomic E-state index is 4.37. The van der Waals surface area contributed by atoms with E-state index in [0.29, 0.717) is 0 Å². The summed E-state index contributed by atoms with van der Waals surface area (Å²) < 4.78 is 3.47. The van der Waals surface area contributed by atoms with Crippen molar-refractivity contribution in [3.63, 3.8) is 0 Å². The molecule has 1 aliphatic rings. The van der Waals surface area contributed by atoms with Crippen molar-refractivity contribution in [1.29, 1.82) is 0 Å². The van der Waals surface area contributed by atoms with E-state index in [1.165, 1.54) is 14.7 Å². The van der Waals surface area contributed by atoms with Gasteiger partial charge in [-0.15, -0.1) is 0 Å². The fourth-order valence-electron chi connectivity index (χ4n) is 2.95. The molecule has 1 aliphatic heterocycles. The Morgan fingerprint density at radius 2 is 1.64 bits per heavy atom. The molecule has 4 rings (SSSR count). The van der Waals surface area contributed by atoms with Crippen molar-refractivity contribution < 1.29 is 0 Å². The molecule has 3 aromatic rings. The molecule has 0 radical (unpaired) electrons. The van der Waals surface area contributed by atoms with Crippen LogP contribution in [-0.2, 0) is 0 Å². The van der Waals surface area contributed by atoms with Gasteiger partial charge in [0.1, 0.15) is 0 Å². The summed E-state index contributed by atoms with van der Waals surface area (Å²) in [6, 6.07) is 23.5. The largest absolute Gasteiger partial charge is 0.354 e. The standard InChI is InChI=1S/C24H24N2S2/c1-16(17-8-7-9-19(14-17)28-26-24(2,3)4)18-12-13-23-21(15-18)25-20-10-5-6-11-22(20)27-23/h5-15,25-26H,1H2,2-4H3. The Morgan fingerprint density at radius 3 is 2.46 bits per heavy atom. The van der Waals surface area contributed by atoms with Crippen LogP contribution in [0.5, 0.6) is 0 Å². The van der Waals surface area contributed by atoms with Crippen molar-refractivity contribution in [3.05, 3.63) is 84.4 Å². The van der Waals surface area contributed by atoms with Crippen LogP contribution in [0.4, 0.5) is 11.4 Å². The molecule has 0 saturated heterocycles. The zero-order valence-corrected chi connectivity index (χ0v) is 18.0. The van der Waals surface area contributed by atoms with E-state index < -0.39 is 0 Å². The predicted molar refractivity (Wildman–Crippen MR) is 124 cm³/mol. The summed E-state index contributed by atoms with van der Waals surface area (Å²) in [7, 11) is 0. The number of rotatable bonds is 4. The summed E-state index contributed by atoms with van der Waals surface area (Å²) in [6.45, 7) is 10.9. The number of anilines is 2. The van der Waals surface area contributed by atoms with E-state index in [2.05, 4.69) is 104 Å². The molecule has 0 spiro atoms. The lowest BCUT2D eigenvalue weighted by Gasteiger charge is -2.22. The minimum absolute atomic E-state index is 0.0653. The number of para-hydroxylation sites is 1. The Balaban J connectivity index is 1.56. The number of hydrogen-bond donors (Lipinski definition) is 2. The first-order valence-corrected chi connectivity index (χ1v) is 10.9. The van der Waals surface area contributed by atoms with Crippen LogP contribution < -0.4 is 10.0 Å². The fraction of sp³-hybridized carbons (Fsp3) is 0.167. The van der Waals surface area contributed by atoms with Crippen LogP contribution in [0.15, 0.2) is 88.0 Å². The van der Waals surface area contributed by atoms with Crippen LogP contribution >= 0.6 is 23.7 Å². The molecule has 0 atom stereocenters. The van der Waals surface area contributed by atoms with Crippen molar-refractivity contribution in [2.24, 2.45) is 0 Å². The van der Waals surface area contributed by atoms with Gasteiger partial charge in [-0.2, -0.15) is 0 Å². The molecule has 0 fully saturated rings. The molecule has 2 nitrogen and oxygen atoms in total. The number of benzene rings is 3. The van der Waals surface area contributed by atoms with Gasteiger partial charge in [0.15, 0.2) is 0 Å². The van der Waals surface area contributed by atoms with E-state index >= 15 is 0 Å². The van der Waals surface area contributed by atoms with E-state index in [-0.39, 0.29) is 5.54 Å². The van der Waals surface area contributed by atoms with Crippen LogP contribution in [0.2, 0.25) is 0 Å². The number of hydrogen-bond acceptors (Lipinski definition) is 4. The van der Waals surface area contributed by atoms with Gasteiger partial charge in [-0.3, -0.25) is 4.72 Å². The third kappa shape index (κ3) is 4.30. The van der Waals surface area contributed by atoms with Crippen LogP contribution in [0.3, 0.4) is 0 Å². The van der Waals surface area contributed by atoms with Crippen LogP contribution in [0.25, 0.3) is 5.57 Å². The molecular weight excluding hydrogens is 380 g/mol. The molecule has 142 valence electrons. The molecule has 3 aromatic carbocycles. The molecule has 0 unspecified atom stereocenters. The monoisotopic (exact) mass is 404 g/mol. The van der Waals surface area contributed by atoms with E-state index in [1.54, 1.807) is 23.7 Å². The van der Waals surface area contributed by atoms with Gasteiger partial charge in [-0.25, -0.2) is 0 Å². The number of nitrogens with one attached hydrogen (secondary N) is 2. The summed E-state index contributed by atoms with van der Waals surface area (Å²) in [6.07, 6.45) is 0. The van der Waals surface area contributed by atoms with Gasteiger partial charge in [-0.1, -0.05) is 48.7 Å². The molecule has 0 aliphatic carbocycles. The van der Waals surface area contributed by atoms with Crippen LogP contribution in [0.1, 0.15) is 31.9 Å². The lowest BCUT2D eigenvalue weighted by atomic mass is 9.99. The zero-order chi connectivity index (χ0) is 19.7. The highest BCUT2D eigenvalue weighted by Crippen LogP contribution is 2.44.